The van der Waals surface area contributed by atoms with Crippen molar-refractivity contribution in [1.82, 2.24) is 4.90 Å². The maximum atomic E-state index is 12.8. The third-order valence-corrected chi connectivity index (χ3v) is 5.28. The topological polar surface area (TPSA) is 99.9 Å². The molecule has 0 spiro atoms. The quantitative estimate of drug-likeness (QED) is 0.871. The van der Waals surface area contributed by atoms with Crippen LogP contribution in [-0.4, -0.2) is 40.4 Å². The number of aryl methyl sites for hydroxylation is 1. The number of thiophene rings is 1. The van der Waals surface area contributed by atoms with Crippen molar-refractivity contribution in [2.45, 2.75) is 32.2 Å². The third kappa shape index (κ3) is 3.58. The lowest BCUT2D eigenvalue weighted by molar-refractivity contribution is -0.143. The normalized spacial score (nSPS) is 17.3. The van der Waals surface area contributed by atoms with Crippen LogP contribution in [0.1, 0.15) is 45.1 Å². The van der Waals surface area contributed by atoms with Crippen LogP contribution in [0, 0.1) is 6.92 Å². The summed E-state index contributed by atoms with van der Waals surface area (Å²) >= 11 is 1.14. The number of carbonyl (C=O) groups is 3. The van der Waals surface area contributed by atoms with Crippen molar-refractivity contribution in [1.29, 1.82) is 0 Å². The van der Waals surface area contributed by atoms with Gasteiger partial charge in [-0.1, -0.05) is 0 Å². The number of hydrogen-bond donors (Lipinski definition) is 2. The van der Waals surface area contributed by atoms with Crippen LogP contribution in [0.25, 0.3) is 0 Å². The number of carboxylic acids is 1. The second kappa shape index (κ2) is 7.10. The second-order valence-corrected chi connectivity index (χ2v) is 6.95. The van der Waals surface area contributed by atoms with Gasteiger partial charge in [0, 0.05) is 6.54 Å². The molecule has 7 nitrogen and oxygen atoms in total. The number of piperidine rings is 1. The molecule has 1 saturated heterocycles. The van der Waals surface area contributed by atoms with Gasteiger partial charge in [0.1, 0.15) is 6.04 Å². The Morgan fingerprint density at radius 1 is 1.36 bits per heavy atom. The van der Waals surface area contributed by atoms with Crippen LogP contribution in [-0.2, 0) is 4.79 Å². The summed E-state index contributed by atoms with van der Waals surface area (Å²) in [5, 5.41) is 12.6. The van der Waals surface area contributed by atoms with Gasteiger partial charge in [-0.05, 0) is 49.9 Å². The van der Waals surface area contributed by atoms with Crippen LogP contribution in [0.2, 0.25) is 0 Å². The first kappa shape index (κ1) is 17.2. The average Bonchev–Trinajstić information content (AvgIpc) is 3.24. The van der Waals surface area contributed by atoms with E-state index in [0.717, 1.165) is 24.2 Å². The molecule has 0 aliphatic carbocycles. The molecule has 0 aromatic carbocycles. The molecule has 2 amide bonds. The summed E-state index contributed by atoms with van der Waals surface area (Å²) in [6, 6.07) is 4.08. The summed E-state index contributed by atoms with van der Waals surface area (Å²) in [5.41, 5.74) is 0.708. The number of amides is 2. The molecule has 8 heteroatoms. The molecule has 2 aromatic rings. The zero-order chi connectivity index (χ0) is 18.0. The number of rotatable bonds is 4. The van der Waals surface area contributed by atoms with Crippen molar-refractivity contribution in [3.8, 4) is 0 Å². The van der Waals surface area contributed by atoms with Crippen LogP contribution in [0.4, 0.5) is 5.00 Å². The number of carboxylic acid groups (broad SMARTS) is 1. The summed E-state index contributed by atoms with van der Waals surface area (Å²) in [5.74, 6) is -1.49. The molecule has 1 atom stereocenters. The summed E-state index contributed by atoms with van der Waals surface area (Å²) in [7, 11) is 0. The molecule has 1 aliphatic heterocycles. The number of nitrogens with one attached hydrogen (secondary N) is 1. The highest BCUT2D eigenvalue weighted by Gasteiger charge is 2.33. The van der Waals surface area contributed by atoms with E-state index in [0.29, 0.717) is 28.4 Å². The highest BCUT2D eigenvalue weighted by atomic mass is 32.1. The van der Waals surface area contributed by atoms with Gasteiger partial charge in [-0.15, -0.1) is 11.3 Å². The van der Waals surface area contributed by atoms with Gasteiger partial charge < -0.3 is 19.7 Å². The zero-order valence-corrected chi connectivity index (χ0v) is 14.5. The van der Waals surface area contributed by atoms with Crippen LogP contribution in [0.5, 0.6) is 0 Å². The molecule has 0 saturated carbocycles. The fourth-order valence-corrected chi connectivity index (χ4v) is 3.92. The zero-order valence-electron chi connectivity index (χ0n) is 13.7. The molecule has 25 heavy (non-hydrogen) atoms. The summed E-state index contributed by atoms with van der Waals surface area (Å²) in [4.78, 5) is 38.1. The van der Waals surface area contributed by atoms with E-state index in [1.165, 1.54) is 11.2 Å². The maximum Gasteiger partial charge on any atom is 0.326 e. The van der Waals surface area contributed by atoms with Gasteiger partial charge in [-0.25, -0.2) is 4.79 Å². The Balaban J connectivity index is 1.78. The van der Waals surface area contributed by atoms with Gasteiger partial charge in [-0.3, -0.25) is 9.59 Å². The number of likely N-dealkylation sites (tertiary alicyclic amines) is 1. The Kier molecular flexibility index (Phi) is 4.89. The predicted molar refractivity (Wildman–Crippen MR) is 92.0 cm³/mol. The Bertz CT molecular complexity index is 796. The standard InChI is InChI=1S/C17H18N2O5S/c1-10-9-13(18-15(20)12-6-4-8-24-12)25-14(10)16(21)19-7-3-2-5-11(19)17(22)23/h4,6,8-9,11H,2-3,5,7H2,1H3,(H,18,20)(H,22,23)/t11-/m1/s1. The van der Waals surface area contributed by atoms with Gasteiger partial charge in [0.05, 0.1) is 16.1 Å². The first-order valence-corrected chi connectivity index (χ1v) is 8.78. The molecular weight excluding hydrogens is 344 g/mol. The summed E-state index contributed by atoms with van der Waals surface area (Å²) in [6.07, 6.45) is 3.47. The van der Waals surface area contributed by atoms with Crippen molar-refractivity contribution < 1.29 is 23.9 Å². The number of furan rings is 1. The van der Waals surface area contributed by atoms with Crippen molar-refractivity contribution in [3.05, 3.63) is 40.7 Å². The van der Waals surface area contributed by atoms with E-state index in [2.05, 4.69) is 5.32 Å². The molecule has 3 heterocycles. The number of carbonyl (C=O) groups excluding carboxylic acids is 2. The molecule has 0 radical (unpaired) electrons. The number of anilines is 1. The molecule has 2 aromatic heterocycles. The van der Waals surface area contributed by atoms with E-state index in [1.807, 2.05) is 0 Å². The molecule has 0 bridgehead atoms. The van der Waals surface area contributed by atoms with E-state index < -0.39 is 17.9 Å². The van der Waals surface area contributed by atoms with Crippen molar-refractivity contribution in [2.75, 3.05) is 11.9 Å². The average molecular weight is 362 g/mol. The number of hydrogen-bond acceptors (Lipinski definition) is 5. The van der Waals surface area contributed by atoms with Crippen molar-refractivity contribution in [3.63, 3.8) is 0 Å². The van der Waals surface area contributed by atoms with Crippen LogP contribution in [0.15, 0.2) is 28.9 Å². The molecule has 3 rings (SSSR count). The highest BCUT2D eigenvalue weighted by Crippen LogP contribution is 2.30. The predicted octanol–water partition coefficient (Wildman–Crippen LogP) is 2.98. The van der Waals surface area contributed by atoms with Gasteiger partial charge in [0.25, 0.3) is 11.8 Å². The smallest absolute Gasteiger partial charge is 0.326 e. The fraction of sp³-hybridized carbons (Fsp3) is 0.353. The minimum absolute atomic E-state index is 0.181. The van der Waals surface area contributed by atoms with E-state index in [1.54, 1.807) is 25.1 Å². The highest BCUT2D eigenvalue weighted by molar-refractivity contribution is 7.18. The lowest BCUT2D eigenvalue weighted by Gasteiger charge is -2.32. The summed E-state index contributed by atoms with van der Waals surface area (Å²) in [6.45, 7) is 2.20. The van der Waals surface area contributed by atoms with Gasteiger partial charge >= 0.3 is 5.97 Å². The largest absolute Gasteiger partial charge is 0.480 e. The second-order valence-electron chi connectivity index (χ2n) is 5.90. The van der Waals surface area contributed by atoms with Crippen LogP contribution < -0.4 is 5.32 Å². The first-order chi connectivity index (χ1) is 12.0. The van der Waals surface area contributed by atoms with Crippen molar-refractivity contribution >= 4 is 34.1 Å². The number of nitrogens with zero attached hydrogens (tertiary/aromatic N) is 1. The molecule has 0 unspecified atom stereocenters. The Morgan fingerprint density at radius 2 is 2.16 bits per heavy atom. The lowest BCUT2D eigenvalue weighted by atomic mass is 10.0. The lowest BCUT2D eigenvalue weighted by Crippen LogP contribution is -2.47. The molecule has 1 fully saturated rings. The fourth-order valence-electron chi connectivity index (χ4n) is 2.90. The minimum atomic E-state index is -0.978. The van der Waals surface area contributed by atoms with E-state index in [-0.39, 0.29) is 11.7 Å². The summed E-state index contributed by atoms with van der Waals surface area (Å²) < 4.78 is 5.04. The SMILES string of the molecule is Cc1cc(NC(=O)c2ccco2)sc1C(=O)N1CCCC[C@@H]1C(=O)O. The van der Waals surface area contributed by atoms with Crippen molar-refractivity contribution in [2.24, 2.45) is 0 Å². The monoisotopic (exact) mass is 362 g/mol. The molecule has 1 aliphatic rings. The van der Waals surface area contributed by atoms with Gasteiger partial charge in [-0.2, -0.15) is 0 Å². The van der Waals surface area contributed by atoms with Gasteiger partial charge in [0.15, 0.2) is 5.76 Å². The Labute approximate surface area is 148 Å². The molecule has 132 valence electrons. The van der Waals surface area contributed by atoms with E-state index in [4.69, 9.17) is 4.42 Å². The van der Waals surface area contributed by atoms with Crippen LogP contribution >= 0.6 is 11.3 Å². The molecule has 2 N–H and O–H groups in total. The van der Waals surface area contributed by atoms with Crippen LogP contribution in [0.3, 0.4) is 0 Å². The maximum absolute atomic E-state index is 12.8. The Hall–Kier alpha value is -2.61. The molecular formula is C17H18N2O5S. The third-order valence-electron chi connectivity index (χ3n) is 4.14. The Morgan fingerprint density at radius 3 is 2.84 bits per heavy atom. The number of aliphatic carboxylic acids is 1. The minimum Gasteiger partial charge on any atom is -0.480 e. The van der Waals surface area contributed by atoms with E-state index >= 15 is 0 Å². The van der Waals surface area contributed by atoms with E-state index in [9.17, 15) is 19.5 Å². The first-order valence-electron chi connectivity index (χ1n) is 7.96. The van der Waals surface area contributed by atoms with Gasteiger partial charge in [0.2, 0.25) is 0 Å².